The van der Waals surface area contributed by atoms with Gasteiger partial charge >= 0.3 is 0 Å². The van der Waals surface area contributed by atoms with Gasteiger partial charge in [-0.2, -0.15) is 0 Å². The highest BCUT2D eigenvalue weighted by Crippen LogP contribution is 2.24. The Kier molecular flexibility index (Phi) is 4.31. The Morgan fingerprint density at radius 2 is 2.39 bits per heavy atom. The summed E-state index contributed by atoms with van der Waals surface area (Å²) in [4.78, 5) is 12.2. The van der Waals surface area contributed by atoms with Gasteiger partial charge in [0.05, 0.1) is 12.7 Å². The molecule has 1 heterocycles. The molecular formula is C14H18FNO2. The Balaban J connectivity index is 2.09. The normalized spacial score (nSPS) is 19.6. The third-order valence-electron chi connectivity index (χ3n) is 3.33. The molecule has 3 nitrogen and oxygen atoms in total. The number of carbonyl (C=O) groups excluding carboxylic acids is 1. The van der Waals surface area contributed by atoms with E-state index in [9.17, 15) is 9.18 Å². The first kappa shape index (κ1) is 13.0. The van der Waals surface area contributed by atoms with Crippen molar-refractivity contribution in [3.8, 4) is 5.75 Å². The maximum atomic E-state index is 13.2. The molecule has 0 saturated carbocycles. The molecule has 4 heteroatoms. The smallest absolute Gasteiger partial charge is 0.167 e. The van der Waals surface area contributed by atoms with E-state index in [-0.39, 0.29) is 5.78 Å². The van der Waals surface area contributed by atoms with Crippen molar-refractivity contribution in [1.82, 2.24) is 5.32 Å². The topological polar surface area (TPSA) is 38.3 Å². The van der Waals surface area contributed by atoms with Crippen LogP contribution in [0.4, 0.5) is 4.39 Å². The molecule has 0 aliphatic carbocycles. The summed E-state index contributed by atoms with van der Waals surface area (Å²) in [5.74, 6) is 0.352. The average molecular weight is 251 g/mol. The molecule has 98 valence electrons. The zero-order chi connectivity index (χ0) is 13.0. The minimum Gasteiger partial charge on any atom is -0.496 e. The van der Waals surface area contributed by atoms with E-state index in [2.05, 4.69) is 5.32 Å². The maximum absolute atomic E-state index is 13.2. The highest BCUT2D eigenvalue weighted by molar-refractivity contribution is 5.98. The highest BCUT2D eigenvalue weighted by atomic mass is 19.1. The van der Waals surface area contributed by atoms with Crippen LogP contribution in [0.3, 0.4) is 0 Å². The number of ketones is 1. The predicted molar refractivity (Wildman–Crippen MR) is 67.5 cm³/mol. The zero-order valence-electron chi connectivity index (χ0n) is 10.5. The number of methoxy groups -OCH3 is 1. The van der Waals surface area contributed by atoms with Crippen LogP contribution in [0.5, 0.6) is 5.75 Å². The fourth-order valence-corrected chi connectivity index (χ4v) is 2.37. The maximum Gasteiger partial charge on any atom is 0.167 e. The van der Waals surface area contributed by atoms with Gasteiger partial charge < -0.3 is 10.1 Å². The van der Waals surface area contributed by atoms with Crippen molar-refractivity contribution in [1.29, 1.82) is 0 Å². The molecule has 1 unspecified atom stereocenters. The first-order valence-corrected chi connectivity index (χ1v) is 6.28. The third kappa shape index (κ3) is 3.07. The van der Waals surface area contributed by atoms with E-state index in [1.54, 1.807) is 0 Å². The van der Waals surface area contributed by atoms with Gasteiger partial charge in [-0.25, -0.2) is 4.39 Å². The fourth-order valence-electron chi connectivity index (χ4n) is 2.37. The first-order valence-electron chi connectivity index (χ1n) is 6.28. The standard InChI is InChI=1S/C14H18FNO2/c1-18-14-5-4-11(15)8-12(14)13(17)7-10-3-2-6-16-9-10/h4-5,8,10,16H,2-3,6-7,9H2,1H3. The summed E-state index contributed by atoms with van der Waals surface area (Å²) < 4.78 is 18.3. The van der Waals surface area contributed by atoms with E-state index in [0.717, 1.165) is 25.9 Å². The minimum atomic E-state index is -0.402. The van der Waals surface area contributed by atoms with E-state index in [0.29, 0.717) is 23.7 Å². The SMILES string of the molecule is COc1ccc(F)cc1C(=O)CC1CCCNC1. The minimum absolute atomic E-state index is 0.0416. The summed E-state index contributed by atoms with van der Waals surface area (Å²) in [5.41, 5.74) is 0.350. The van der Waals surface area contributed by atoms with Gasteiger partial charge in [0.2, 0.25) is 0 Å². The lowest BCUT2D eigenvalue weighted by Crippen LogP contribution is -2.31. The third-order valence-corrected chi connectivity index (χ3v) is 3.33. The Morgan fingerprint density at radius 3 is 3.06 bits per heavy atom. The summed E-state index contributed by atoms with van der Waals surface area (Å²) in [6.07, 6.45) is 2.60. The predicted octanol–water partition coefficient (Wildman–Crippen LogP) is 2.41. The van der Waals surface area contributed by atoms with Crippen molar-refractivity contribution < 1.29 is 13.9 Å². The molecule has 1 aromatic carbocycles. The lowest BCUT2D eigenvalue weighted by atomic mass is 9.91. The average Bonchev–Trinajstić information content (AvgIpc) is 2.40. The van der Waals surface area contributed by atoms with Crippen molar-refractivity contribution in [3.05, 3.63) is 29.6 Å². The molecule has 0 radical (unpaired) electrons. The van der Waals surface area contributed by atoms with E-state index >= 15 is 0 Å². The van der Waals surface area contributed by atoms with Crippen LogP contribution in [-0.4, -0.2) is 26.0 Å². The van der Waals surface area contributed by atoms with Gasteiger partial charge in [0.25, 0.3) is 0 Å². The van der Waals surface area contributed by atoms with Crippen LogP contribution in [0.25, 0.3) is 0 Å². The number of ether oxygens (including phenoxy) is 1. The van der Waals surface area contributed by atoms with Gasteiger partial charge in [0.1, 0.15) is 11.6 Å². The number of piperidine rings is 1. The number of rotatable bonds is 4. The molecule has 1 aliphatic heterocycles. The second-order valence-corrected chi connectivity index (χ2v) is 4.68. The van der Waals surface area contributed by atoms with Gasteiger partial charge in [-0.1, -0.05) is 0 Å². The lowest BCUT2D eigenvalue weighted by Gasteiger charge is -2.22. The molecule has 0 amide bonds. The second kappa shape index (κ2) is 5.96. The van der Waals surface area contributed by atoms with Crippen LogP contribution < -0.4 is 10.1 Å². The zero-order valence-corrected chi connectivity index (χ0v) is 10.5. The van der Waals surface area contributed by atoms with E-state index < -0.39 is 5.82 Å². The molecule has 0 spiro atoms. The van der Waals surface area contributed by atoms with Crippen molar-refractivity contribution >= 4 is 5.78 Å². The Morgan fingerprint density at radius 1 is 1.56 bits per heavy atom. The number of hydrogen-bond donors (Lipinski definition) is 1. The summed E-state index contributed by atoms with van der Waals surface area (Å²) in [6, 6.07) is 4.07. The van der Waals surface area contributed by atoms with Gasteiger partial charge in [-0.3, -0.25) is 4.79 Å². The van der Waals surface area contributed by atoms with Crippen LogP contribution in [0.15, 0.2) is 18.2 Å². The Hall–Kier alpha value is -1.42. The molecule has 18 heavy (non-hydrogen) atoms. The summed E-state index contributed by atoms with van der Waals surface area (Å²) in [6.45, 7) is 1.89. The first-order chi connectivity index (χ1) is 8.70. The summed E-state index contributed by atoms with van der Waals surface area (Å²) in [5, 5.41) is 3.27. The second-order valence-electron chi connectivity index (χ2n) is 4.68. The van der Waals surface area contributed by atoms with Gasteiger partial charge in [0, 0.05) is 6.42 Å². The molecule has 1 fully saturated rings. The quantitative estimate of drug-likeness (QED) is 0.835. The van der Waals surface area contributed by atoms with Gasteiger partial charge in [0.15, 0.2) is 5.78 Å². The van der Waals surface area contributed by atoms with Crippen LogP contribution >= 0.6 is 0 Å². The van der Waals surface area contributed by atoms with E-state index in [1.807, 2.05) is 0 Å². The van der Waals surface area contributed by atoms with Gasteiger partial charge in [-0.15, -0.1) is 0 Å². The monoisotopic (exact) mass is 251 g/mol. The van der Waals surface area contributed by atoms with E-state index in [4.69, 9.17) is 4.74 Å². The number of benzene rings is 1. The summed E-state index contributed by atoms with van der Waals surface area (Å²) >= 11 is 0. The molecule has 1 aromatic rings. The number of hydrogen-bond acceptors (Lipinski definition) is 3. The van der Waals surface area contributed by atoms with Crippen LogP contribution in [0, 0.1) is 11.7 Å². The van der Waals surface area contributed by atoms with Crippen molar-refractivity contribution in [3.63, 3.8) is 0 Å². The molecule has 1 aliphatic rings. The number of carbonyl (C=O) groups is 1. The van der Waals surface area contributed by atoms with Gasteiger partial charge in [-0.05, 0) is 50.0 Å². The van der Waals surface area contributed by atoms with Crippen molar-refractivity contribution in [2.24, 2.45) is 5.92 Å². The molecule has 2 rings (SSSR count). The number of Topliss-reactive ketones (excluding diaryl/α,β-unsaturated/α-hetero) is 1. The molecule has 1 N–H and O–H groups in total. The number of nitrogens with one attached hydrogen (secondary N) is 1. The van der Waals surface area contributed by atoms with Crippen molar-refractivity contribution in [2.75, 3.05) is 20.2 Å². The molecule has 0 aromatic heterocycles. The molecule has 1 atom stereocenters. The lowest BCUT2D eigenvalue weighted by molar-refractivity contribution is 0.0950. The van der Waals surface area contributed by atoms with Crippen molar-refractivity contribution in [2.45, 2.75) is 19.3 Å². The van der Waals surface area contributed by atoms with E-state index in [1.165, 1.54) is 25.3 Å². The Labute approximate surface area is 106 Å². The largest absolute Gasteiger partial charge is 0.496 e. The van der Waals surface area contributed by atoms with Crippen LogP contribution in [-0.2, 0) is 0 Å². The van der Waals surface area contributed by atoms with Crippen LogP contribution in [0.2, 0.25) is 0 Å². The molecule has 1 saturated heterocycles. The summed E-state index contributed by atoms with van der Waals surface area (Å²) in [7, 11) is 1.49. The molecule has 0 bridgehead atoms. The highest BCUT2D eigenvalue weighted by Gasteiger charge is 2.20. The Bertz CT molecular complexity index is 428. The van der Waals surface area contributed by atoms with Crippen LogP contribution in [0.1, 0.15) is 29.6 Å². The fraction of sp³-hybridized carbons (Fsp3) is 0.500. The molecular weight excluding hydrogens is 233 g/mol. The number of halogens is 1.